The van der Waals surface area contributed by atoms with Gasteiger partial charge in [-0.25, -0.2) is 9.97 Å². The Hall–Kier alpha value is -1.65. The number of nitrogen functional groups attached to an aromatic ring is 1. The molecule has 0 fully saturated rings. The van der Waals surface area contributed by atoms with Crippen LogP contribution in [0.2, 0.25) is 0 Å². The van der Waals surface area contributed by atoms with Crippen molar-refractivity contribution in [1.29, 1.82) is 0 Å². The van der Waals surface area contributed by atoms with E-state index in [1.165, 1.54) is 6.07 Å². The summed E-state index contributed by atoms with van der Waals surface area (Å²) >= 11 is 0. The van der Waals surface area contributed by atoms with E-state index in [1.807, 2.05) is 13.8 Å². The molecule has 0 radical (unpaired) electrons. The Bertz CT molecular complexity index is 350. The zero-order valence-corrected chi connectivity index (χ0v) is 8.19. The van der Waals surface area contributed by atoms with E-state index >= 15 is 0 Å². The molecular formula is C9H13N3O2. The number of anilines is 1. The highest BCUT2D eigenvalue weighted by molar-refractivity contribution is 5.69. The normalized spacial score (nSPS) is 10.5. The highest BCUT2D eigenvalue weighted by Crippen LogP contribution is 2.12. The Morgan fingerprint density at radius 1 is 1.57 bits per heavy atom. The number of carboxylic acid groups (broad SMARTS) is 1. The fraction of sp³-hybridized carbons (Fsp3) is 0.444. The Labute approximate surface area is 82.0 Å². The molecule has 0 aliphatic rings. The monoisotopic (exact) mass is 195 g/mol. The van der Waals surface area contributed by atoms with Gasteiger partial charge in [0.05, 0.1) is 12.1 Å². The lowest BCUT2D eigenvalue weighted by atomic mass is 10.2. The smallest absolute Gasteiger partial charge is 0.309 e. The quantitative estimate of drug-likeness (QED) is 0.744. The molecule has 0 spiro atoms. The number of nitrogens with zero attached hydrogens (tertiary/aromatic N) is 2. The van der Waals surface area contributed by atoms with Gasteiger partial charge in [0, 0.05) is 12.0 Å². The van der Waals surface area contributed by atoms with Crippen LogP contribution < -0.4 is 5.73 Å². The first-order valence-electron chi connectivity index (χ1n) is 4.34. The van der Waals surface area contributed by atoms with Gasteiger partial charge in [-0.05, 0) is 0 Å². The van der Waals surface area contributed by atoms with Crippen molar-refractivity contribution in [3.63, 3.8) is 0 Å². The van der Waals surface area contributed by atoms with Gasteiger partial charge < -0.3 is 10.8 Å². The standard InChI is InChI=1S/C9H13N3O2/c1-5(2)9-11-6(4-8(13)14)3-7(10)12-9/h3,5H,4H2,1-2H3,(H,13,14)(H2,10,11,12). The Kier molecular flexibility index (Phi) is 3.01. The fourth-order valence-electron chi connectivity index (χ4n) is 1.04. The highest BCUT2D eigenvalue weighted by atomic mass is 16.4. The lowest BCUT2D eigenvalue weighted by Gasteiger charge is -2.06. The Morgan fingerprint density at radius 2 is 2.21 bits per heavy atom. The molecule has 0 atom stereocenters. The van der Waals surface area contributed by atoms with Crippen molar-refractivity contribution in [2.24, 2.45) is 0 Å². The maximum atomic E-state index is 10.5. The number of carboxylic acids is 1. The average molecular weight is 195 g/mol. The van der Waals surface area contributed by atoms with Crippen LogP contribution in [0.5, 0.6) is 0 Å². The molecule has 0 saturated carbocycles. The van der Waals surface area contributed by atoms with E-state index in [4.69, 9.17) is 10.8 Å². The lowest BCUT2D eigenvalue weighted by Crippen LogP contribution is -2.08. The van der Waals surface area contributed by atoms with Crippen molar-refractivity contribution in [1.82, 2.24) is 9.97 Å². The van der Waals surface area contributed by atoms with E-state index in [2.05, 4.69) is 9.97 Å². The molecule has 5 nitrogen and oxygen atoms in total. The molecule has 14 heavy (non-hydrogen) atoms. The predicted molar refractivity (Wildman–Crippen MR) is 51.9 cm³/mol. The number of nitrogens with two attached hydrogens (primary N) is 1. The molecule has 1 aromatic rings. The number of aliphatic carboxylic acids is 1. The first-order valence-corrected chi connectivity index (χ1v) is 4.34. The number of carbonyl (C=O) groups is 1. The summed E-state index contributed by atoms with van der Waals surface area (Å²) in [4.78, 5) is 18.6. The molecule has 0 aliphatic heterocycles. The minimum atomic E-state index is -0.919. The SMILES string of the molecule is CC(C)c1nc(N)cc(CC(=O)O)n1. The molecule has 0 aliphatic carbocycles. The fourth-order valence-corrected chi connectivity index (χ4v) is 1.04. The van der Waals surface area contributed by atoms with E-state index in [0.717, 1.165) is 0 Å². The number of aromatic nitrogens is 2. The topological polar surface area (TPSA) is 89.1 Å². The van der Waals surface area contributed by atoms with Crippen molar-refractivity contribution in [2.45, 2.75) is 26.2 Å². The van der Waals surface area contributed by atoms with Crippen molar-refractivity contribution < 1.29 is 9.90 Å². The summed E-state index contributed by atoms with van der Waals surface area (Å²) < 4.78 is 0. The van der Waals surface area contributed by atoms with Gasteiger partial charge in [-0.3, -0.25) is 4.79 Å². The van der Waals surface area contributed by atoms with Gasteiger partial charge in [-0.2, -0.15) is 0 Å². The molecule has 0 bridgehead atoms. The molecule has 0 saturated heterocycles. The predicted octanol–water partition coefficient (Wildman–Crippen LogP) is 0.809. The van der Waals surface area contributed by atoms with Gasteiger partial charge in [0.1, 0.15) is 11.6 Å². The van der Waals surface area contributed by atoms with Crippen molar-refractivity contribution >= 4 is 11.8 Å². The van der Waals surface area contributed by atoms with Gasteiger partial charge >= 0.3 is 5.97 Å². The van der Waals surface area contributed by atoms with Crippen LogP contribution in [-0.2, 0) is 11.2 Å². The van der Waals surface area contributed by atoms with Crippen LogP contribution in [0, 0.1) is 0 Å². The van der Waals surface area contributed by atoms with Gasteiger partial charge in [0.2, 0.25) is 0 Å². The Balaban J connectivity index is 3.01. The largest absolute Gasteiger partial charge is 0.481 e. The molecule has 3 N–H and O–H groups in total. The van der Waals surface area contributed by atoms with E-state index in [0.29, 0.717) is 17.3 Å². The summed E-state index contributed by atoms with van der Waals surface area (Å²) in [6, 6.07) is 1.49. The van der Waals surface area contributed by atoms with E-state index in [9.17, 15) is 4.79 Å². The summed E-state index contributed by atoms with van der Waals surface area (Å²) in [5, 5.41) is 8.59. The van der Waals surface area contributed by atoms with Crippen LogP contribution in [0.15, 0.2) is 6.07 Å². The van der Waals surface area contributed by atoms with Crippen LogP contribution in [0.4, 0.5) is 5.82 Å². The maximum Gasteiger partial charge on any atom is 0.309 e. The molecule has 1 heterocycles. The van der Waals surface area contributed by atoms with Crippen LogP contribution >= 0.6 is 0 Å². The number of rotatable bonds is 3. The third-order valence-electron chi connectivity index (χ3n) is 1.67. The van der Waals surface area contributed by atoms with Crippen molar-refractivity contribution in [2.75, 3.05) is 5.73 Å². The average Bonchev–Trinajstić information content (AvgIpc) is 2.01. The third kappa shape index (κ3) is 2.69. The first-order chi connectivity index (χ1) is 6.49. The van der Waals surface area contributed by atoms with E-state index < -0.39 is 5.97 Å². The van der Waals surface area contributed by atoms with Crippen LogP contribution in [0.3, 0.4) is 0 Å². The van der Waals surface area contributed by atoms with Gasteiger partial charge in [0.15, 0.2) is 0 Å². The minimum absolute atomic E-state index is 0.119. The maximum absolute atomic E-state index is 10.5. The molecule has 1 rings (SSSR count). The second kappa shape index (κ2) is 4.04. The van der Waals surface area contributed by atoms with Crippen LogP contribution in [0.1, 0.15) is 31.3 Å². The molecule has 1 aromatic heterocycles. The molecule has 0 unspecified atom stereocenters. The molecular weight excluding hydrogens is 182 g/mol. The third-order valence-corrected chi connectivity index (χ3v) is 1.67. The van der Waals surface area contributed by atoms with Gasteiger partial charge in [-0.15, -0.1) is 0 Å². The second-order valence-corrected chi connectivity index (χ2v) is 3.37. The highest BCUT2D eigenvalue weighted by Gasteiger charge is 2.08. The van der Waals surface area contributed by atoms with Gasteiger partial charge in [-0.1, -0.05) is 13.8 Å². The molecule has 0 aromatic carbocycles. The van der Waals surface area contributed by atoms with Crippen LogP contribution in [-0.4, -0.2) is 21.0 Å². The summed E-state index contributed by atoms with van der Waals surface area (Å²) in [6.45, 7) is 3.86. The second-order valence-electron chi connectivity index (χ2n) is 3.37. The van der Waals surface area contributed by atoms with Crippen molar-refractivity contribution in [3.05, 3.63) is 17.6 Å². The zero-order chi connectivity index (χ0) is 10.7. The first kappa shape index (κ1) is 10.4. The van der Waals surface area contributed by atoms with Crippen molar-refractivity contribution in [3.8, 4) is 0 Å². The summed E-state index contributed by atoms with van der Waals surface area (Å²) in [7, 11) is 0. The summed E-state index contributed by atoms with van der Waals surface area (Å²) in [5.74, 6) is 0.130. The Morgan fingerprint density at radius 3 is 2.71 bits per heavy atom. The van der Waals surface area contributed by atoms with E-state index in [-0.39, 0.29) is 12.3 Å². The van der Waals surface area contributed by atoms with E-state index in [1.54, 1.807) is 0 Å². The lowest BCUT2D eigenvalue weighted by molar-refractivity contribution is -0.136. The zero-order valence-electron chi connectivity index (χ0n) is 8.19. The number of hydrogen-bond donors (Lipinski definition) is 2. The molecule has 0 amide bonds. The molecule has 76 valence electrons. The summed E-state index contributed by atoms with van der Waals surface area (Å²) in [6.07, 6.45) is -0.119. The van der Waals surface area contributed by atoms with Gasteiger partial charge in [0.25, 0.3) is 0 Å². The van der Waals surface area contributed by atoms with Crippen LogP contribution in [0.25, 0.3) is 0 Å². The molecule has 5 heteroatoms. The minimum Gasteiger partial charge on any atom is -0.481 e. The number of hydrogen-bond acceptors (Lipinski definition) is 4. The summed E-state index contributed by atoms with van der Waals surface area (Å²) in [5.41, 5.74) is 5.98.